The van der Waals surface area contributed by atoms with Crippen molar-refractivity contribution in [2.45, 2.75) is 6.61 Å². The first-order valence-corrected chi connectivity index (χ1v) is 6.01. The van der Waals surface area contributed by atoms with Crippen LogP contribution in [0.15, 0.2) is 48.5 Å². The fourth-order valence-electron chi connectivity index (χ4n) is 1.62. The molecule has 2 aromatic rings. The highest BCUT2D eigenvalue weighted by atomic mass is 35.5. The first-order chi connectivity index (χ1) is 8.97. The molecule has 0 aliphatic carbocycles. The highest BCUT2D eigenvalue weighted by Gasteiger charge is 2.28. The van der Waals surface area contributed by atoms with E-state index in [0.29, 0.717) is 5.02 Å². The van der Waals surface area contributed by atoms with Crippen molar-refractivity contribution in [3.63, 3.8) is 0 Å². The Morgan fingerprint density at radius 1 is 0.947 bits per heavy atom. The third-order valence-electron chi connectivity index (χ3n) is 2.58. The van der Waals surface area contributed by atoms with Crippen LogP contribution in [-0.2, 0) is 6.61 Å². The summed E-state index contributed by atoms with van der Waals surface area (Å²) in [4.78, 5) is 0. The first kappa shape index (κ1) is 13.8. The van der Waals surface area contributed by atoms with Crippen LogP contribution in [0.2, 0.25) is 5.02 Å². The maximum atomic E-state index is 12.8. The molecule has 0 N–H and O–H groups in total. The van der Waals surface area contributed by atoms with Crippen molar-refractivity contribution in [3.8, 4) is 5.75 Å². The van der Waals surface area contributed by atoms with Gasteiger partial charge >= 0.3 is 6.98 Å². The quantitative estimate of drug-likeness (QED) is 0.772. The number of halogens is 4. The third-order valence-corrected chi connectivity index (χ3v) is 2.83. The van der Waals surface area contributed by atoms with Gasteiger partial charge in [0.2, 0.25) is 0 Å². The number of benzene rings is 2. The van der Waals surface area contributed by atoms with E-state index in [0.717, 1.165) is 11.6 Å². The van der Waals surface area contributed by atoms with Crippen LogP contribution in [0.5, 0.6) is 5.75 Å². The van der Waals surface area contributed by atoms with Crippen LogP contribution in [0.1, 0.15) is 5.56 Å². The van der Waals surface area contributed by atoms with Crippen molar-refractivity contribution < 1.29 is 17.7 Å². The van der Waals surface area contributed by atoms with Gasteiger partial charge in [-0.2, -0.15) is 0 Å². The lowest BCUT2D eigenvalue weighted by atomic mass is 9.79. The van der Waals surface area contributed by atoms with Gasteiger partial charge in [0, 0.05) is 5.02 Å². The molecular formula is C13H10BClF3O-. The summed E-state index contributed by atoms with van der Waals surface area (Å²) in [6, 6.07) is 12.0. The number of para-hydroxylation sites is 1. The summed E-state index contributed by atoms with van der Waals surface area (Å²) in [6.07, 6.45) is 0. The molecule has 0 unspecified atom stereocenters. The standard InChI is InChI=1S/C13H10BClF3O/c15-11-7-5-10(6-8-11)9-19-13-4-2-1-3-12(13)14(16,17)18/h1-8H,9H2/q-1. The molecule has 0 bridgehead atoms. The lowest BCUT2D eigenvalue weighted by molar-refractivity contribution is 0.307. The third kappa shape index (κ3) is 3.67. The van der Waals surface area contributed by atoms with Gasteiger partial charge in [0.15, 0.2) is 0 Å². The molecule has 0 aliphatic rings. The van der Waals surface area contributed by atoms with E-state index < -0.39 is 12.4 Å². The Kier molecular flexibility index (Phi) is 4.05. The lowest BCUT2D eigenvalue weighted by Gasteiger charge is -2.19. The van der Waals surface area contributed by atoms with Crippen molar-refractivity contribution in [1.29, 1.82) is 0 Å². The molecule has 0 heterocycles. The van der Waals surface area contributed by atoms with Crippen molar-refractivity contribution >= 4 is 24.0 Å². The average molecular weight is 285 g/mol. The Balaban J connectivity index is 2.14. The largest absolute Gasteiger partial charge is 0.513 e. The second kappa shape index (κ2) is 5.57. The summed E-state index contributed by atoms with van der Waals surface area (Å²) < 4.78 is 43.6. The lowest BCUT2D eigenvalue weighted by Crippen LogP contribution is -2.35. The fraction of sp³-hybridized carbons (Fsp3) is 0.0769. The highest BCUT2D eigenvalue weighted by molar-refractivity contribution is 6.74. The van der Waals surface area contributed by atoms with Gasteiger partial charge in [-0.1, -0.05) is 47.4 Å². The van der Waals surface area contributed by atoms with Crippen LogP contribution >= 0.6 is 11.6 Å². The van der Waals surface area contributed by atoms with Gasteiger partial charge in [-0.15, -0.1) is 0 Å². The summed E-state index contributed by atoms with van der Waals surface area (Å²) in [5, 5.41) is 0.572. The monoisotopic (exact) mass is 285 g/mol. The van der Waals surface area contributed by atoms with E-state index >= 15 is 0 Å². The molecule has 0 aromatic heterocycles. The second-order valence-corrected chi connectivity index (χ2v) is 4.46. The Labute approximate surface area is 114 Å². The molecular weight excluding hydrogens is 275 g/mol. The number of ether oxygens (including phenoxy) is 1. The molecule has 2 rings (SSSR count). The van der Waals surface area contributed by atoms with E-state index in [2.05, 4.69) is 0 Å². The molecule has 100 valence electrons. The Morgan fingerprint density at radius 2 is 1.58 bits per heavy atom. The summed E-state index contributed by atoms with van der Waals surface area (Å²) in [7, 11) is 0. The zero-order valence-electron chi connectivity index (χ0n) is 9.82. The van der Waals surface area contributed by atoms with Crippen LogP contribution < -0.4 is 10.2 Å². The van der Waals surface area contributed by atoms with E-state index in [9.17, 15) is 12.9 Å². The van der Waals surface area contributed by atoms with Crippen molar-refractivity contribution in [2.24, 2.45) is 0 Å². The van der Waals surface area contributed by atoms with E-state index in [4.69, 9.17) is 16.3 Å². The summed E-state index contributed by atoms with van der Waals surface area (Å²) in [5.74, 6) is -0.148. The van der Waals surface area contributed by atoms with Gasteiger partial charge in [-0.3, -0.25) is 0 Å². The predicted octanol–water partition coefficient (Wildman–Crippen LogP) is 3.97. The predicted molar refractivity (Wildman–Crippen MR) is 70.9 cm³/mol. The molecule has 6 heteroatoms. The van der Waals surface area contributed by atoms with Crippen molar-refractivity contribution in [3.05, 3.63) is 59.1 Å². The van der Waals surface area contributed by atoms with Crippen molar-refractivity contribution in [1.82, 2.24) is 0 Å². The van der Waals surface area contributed by atoms with Crippen LogP contribution in [0.25, 0.3) is 0 Å². The number of hydrogen-bond donors (Lipinski definition) is 0. The molecule has 19 heavy (non-hydrogen) atoms. The van der Waals surface area contributed by atoms with Gasteiger partial charge in [-0.25, -0.2) is 0 Å². The summed E-state index contributed by atoms with van der Waals surface area (Å²) >= 11 is 5.73. The summed E-state index contributed by atoms with van der Waals surface area (Å²) in [5.41, 5.74) is 0.0466. The molecule has 0 saturated carbocycles. The van der Waals surface area contributed by atoms with E-state index in [-0.39, 0.29) is 12.4 Å². The fourth-order valence-corrected chi connectivity index (χ4v) is 1.75. The van der Waals surface area contributed by atoms with Gasteiger partial charge < -0.3 is 17.7 Å². The van der Waals surface area contributed by atoms with Gasteiger partial charge in [0.05, 0.1) is 5.75 Å². The minimum absolute atomic E-state index is 0.0698. The smallest absolute Gasteiger partial charge is 0.492 e. The maximum Gasteiger partial charge on any atom is 0.513 e. The molecule has 0 saturated heterocycles. The Morgan fingerprint density at radius 3 is 2.21 bits per heavy atom. The van der Waals surface area contributed by atoms with Gasteiger partial charge in [0.25, 0.3) is 0 Å². The minimum atomic E-state index is -5.07. The van der Waals surface area contributed by atoms with E-state index in [1.807, 2.05) is 0 Å². The number of rotatable bonds is 4. The molecule has 2 aromatic carbocycles. The molecule has 1 nitrogen and oxygen atoms in total. The normalized spacial score (nSPS) is 11.4. The first-order valence-electron chi connectivity index (χ1n) is 5.63. The van der Waals surface area contributed by atoms with Crippen LogP contribution in [0.3, 0.4) is 0 Å². The Bertz CT molecular complexity index is 555. The Hall–Kier alpha value is -1.62. The minimum Gasteiger partial charge on any atom is -0.492 e. The van der Waals surface area contributed by atoms with Crippen LogP contribution in [0.4, 0.5) is 12.9 Å². The van der Waals surface area contributed by atoms with Gasteiger partial charge in [0.1, 0.15) is 6.61 Å². The molecule has 0 spiro atoms. The van der Waals surface area contributed by atoms with Gasteiger partial charge in [-0.05, 0) is 23.8 Å². The van der Waals surface area contributed by atoms with E-state index in [1.165, 1.54) is 18.2 Å². The maximum absolute atomic E-state index is 12.8. The molecule has 0 amide bonds. The SMILES string of the molecule is F[B-](F)(F)c1ccccc1OCc1ccc(Cl)cc1. The summed E-state index contributed by atoms with van der Waals surface area (Å²) in [6.45, 7) is -5.00. The van der Waals surface area contributed by atoms with Crippen LogP contribution in [-0.4, -0.2) is 6.98 Å². The van der Waals surface area contributed by atoms with E-state index in [1.54, 1.807) is 24.3 Å². The van der Waals surface area contributed by atoms with Crippen molar-refractivity contribution in [2.75, 3.05) is 0 Å². The zero-order chi connectivity index (χ0) is 13.9. The average Bonchev–Trinajstić information content (AvgIpc) is 2.37. The molecule has 0 radical (unpaired) electrons. The second-order valence-electron chi connectivity index (χ2n) is 4.03. The topological polar surface area (TPSA) is 9.23 Å². The molecule has 0 fully saturated rings. The van der Waals surface area contributed by atoms with Crippen LogP contribution in [0, 0.1) is 0 Å². The molecule has 0 aliphatic heterocycles. The molecule has 0 atom stereocenters. The number of hydrogen-bond acceptors (Lipinski definition) is 1. The zero-order valence-corrected chi connectivity index (χ0v) is 10.6. The highest BCUT2D eigenvalue weighted by Crippen LogP contribution is 2.19.